The second-order valence-corrected chi connectivity index (χ2v) is 12.5. The molecule has 0 radical (unpaired) electrons. The van der Waals surface area contributed by atoms with E-state index in [1.54, 1.807) is 52.0 Å². The van der Waals surface area contributed by atoms with Crippen LogP contribution in [0.2, 0.25) is 0 Å². The maximum Gasteiger partial charge on any atom is 0.459 e. The molecule has 0 spiro atoms. The van der Waals surface area contributed by atoms with E-state index in [-0.39, 0.29) is 5.75 Å². The Morgan fingerprint density at radius 1 is 1.21 bits per heavy atom. The molecular formula is C28H36N3O10P. The zero-order chi connectivity index (χ0) is 32.6. The van der Waals surface area contributed by atoms with Gasteiger partial charge in [0.05, 0.1) is 15.5 Å². The van der Waals surface area contributed by atoms with Crippen molar-refractivity contribution in [2.75, 3.05) is 6.61 Å². The van der Waals surface area contributed by atoms with Crippen LogP contribution in [0.1, 0.15) is 43.6 Å². The van der Waals surface area contributed by atoms with E-state index in [2.05, 4.69) is 5.09 Å². The molecule has 14 heteroatoms. The average Bonchev–Trinajstić information content (AvgIpc) is 3.17. The molecule has 1 aliphatic heterocycles. The molecule has 13 nitrogen and oxygen atoms in total. The number of aromatic nitrogens is 2. The number of hydrogen-bond donors (Lipinski definition) is 4. The van der Waals surface area contributed by atoms with E-state index in [0.717, 1.165) is 12.3 Å². The number of ether oxygens (including phenoxy) is 2. The number of carbonyl (C=O) groups is 1. The highest BCUT2D eigenvalue weighted by atomic mass is 31.2. The fraction of sp³-hybridized carbons (Fsp3) is 0.464. The van der Waals surface area contributed by atoms with Gasteiger partial charge in [0.2, 0.25) is 0 Å². The van der Waals surface area contributed by atoms with Crippen molar-refractivity contribution >= 4 is 24.5 Å². The molecule has 4 N–H and O–H groups in total. The summed E-state index contributed by atoms with van der Waals surface area (Å²) < 4.78 is 53.5. The summed E-state index contributed by atoms with van der Waals surface area (Å²) >= 11 is 0. The fourth-order valence-electron chi connectivity index (χ4n) is 4.48. The number of H-pyrrole nitrogens is 1. The summed E-state index contributed by atoms with van der Waals surface area (Å²) in [5.74, 6) is -0.973. The van der Waals surface area contributed by atoms with Gasteiger partial charge in [-0.2, -0.15) is 5.09 Å². The summed E-state index contributed by atoms with van der Waals surface area (Å²) in [7, 11) is -4.51. The molecule has 1 aromatic heterocycles. The Morgan fingerprint density at radius 2 is 1.90 bits per heavy atom. The van der Waals surface area contributed by atoms with E-state index >= 15 is 0 Å². The fourth-order valence-corrected chi connectivity index (χ4v) is 6.17. The molecule has 2 aromatic carbocycles. The van der Waals surface area contributed by atoms with Crippen molar-refractivity contribution in [2.45, 2.75) is 70.8 Å². The lowest BCUT2D eigenvalue weighted by molar-refractivity contribution is -0.150. The van der Waals surface area contributed by atoms with Crippen molar-refractivity contribution in [1.29, 1.82) is 0 Å². The summed E-state index contributed by atoms with van der Waals surface area (Å²) in [6, 6.07) is 10.2. The number of nitrogens with one attached hydrogen (secondary N) is 2. The van der Waals surface area contributed by atoms with Gasteiger partial charge in [0, 0.05) is 17.6 Å². The first kappa shape index (κ1) is 28.8. The Hall–Kier alpha value is -3.32. The largest absolute Gasteiger partial charge is 0.462 e. The summed E-state index contributed by atoms with van der Waals surface area (Å²) in [6.07, 6.45) is -6.27. The van der Waals surface area contributed by atoms with Crippen LogP contribution in [0.25, 0.3) is 10.8 Å². The van der Waals surface area contributed by atoms with Crippen LogP contribution >= 0.6 is 7.75 Å². The summed E-state index contributed by atoms with van der Waals surface area (Å²) in [4.78, 5) is 39.1. The molecule has 4 rings (SSSR count). The number of aromatic amines is 1. The third-order valence-electron chi connectivity index (χ3n) is 6.66. The number of aliphatic hydroxyl groups is 2. The molecule has 0 bridgehead atoms. The zero-order valence-corrected chi connectivity index (χ0v) is 24.7. The standard InChI is InChI=1S/C28H36N3O10P/c1-16(2)23(25(34)39-17(3)4)30-42(37,41-20-12-8-10-18-9-6-7-11-19(18)20)38-15-21-24(33)28(5,36)26(40-21)31-14-13-22(32)29-27(31)35/h6-14,16-17,21,23-24,26,33,36H,15H2,1-5H3,(H,30,37)(H,29,32,35)/t21-,23?,24-,26-,28-,42?/m1/s1/i13D,14D. The minimum absolute atomic E-state index is 0.165. The van der Waals surface area contributed by atoms with Gasteiger partial charge in [-0.05, 0) is 38.1 Å². The summed E-state index contributed by atoms with van der Waals surface area (Å²) in [5, 5.41) is 26.1. The number of fused-ring (bicyclic) bond motifs is 1. The van der Waals surface area contributed by atoms with Crippen molar-refractivity contribution in [3.63, 3.8) is 0 Å². The molecule has 1 fully saturated rings. The van der Waals surface area contributed by atoms with Crippen LogP contribution in [0.3, 0.4) is 0 Å². The SMILES string of the molecule is [2H]c1c([2H])n([C@@H]2O[C@H](COP(=O)(NC(C(=O)OC(C)C)C(C)C)Oc3cccc4ccccc34)[C@@H](O)[C@@]2(C)O)c(=O)[nH]c1=O. The third-order valence-corrected chi connectivity index (χ3v) is 8.19. The predicted molar refractivity (Wildman–Crippen MR) is 153 cm³/mol. The first-order valence-corrected chi connectivity index (χ1v) is 14.9. The molecule has 2 unspecified atom stereocenters. The van der Waals surface area contributed by atoms with Crippen molar-refractivity contribution < 1.29 is 40.8 Å². The molecule has 0 saturated carbocycles. The van der Waals surface area contributed by atoms with E-state index in [4.69, 9.17) is 21.3 Å². The highest BCUT2D eigenvalue weighted by Crippen LogP contribution is 2.48. The van der Waals surface area contributed by atoms with Gasteiger partial charge >= 0.3 is 19.4 Å². The van der Waals surface area contributed by atoms with Crippen LogP contribution in [0.15, 0.2) is 64.3 Å². The minimum Gasteiger partial charge on any atom is -0.462 e. The van der Waals surface area contributed by atoms with E-state index in [9.17, 15) is 29.2 Å². The molecule has 228 valence electrons. The molecule has 3 aromatic rings. The highest BCUT2D eigenvalue weighted by Gasteiger charge is 2.54. The summed E-state index contributed by atoms with van der Waals surface area (Å²) in [5.41, 5.74) is -4.49. The molecule has 0 aliphatic carbocycles. The number of esters is 1. The molecule has 1 saturated heterocycles. The van der Waals surface area contributed by atoms with Gasteiger partial charge in [-0.1, -0.05) is 50.2 Å². The van der Waals surface area contributed by atoms with Gasteiger partial charge in [-0.3, -0.25) is 23.7 Å². The van der Waals surface area contributed by atoms with Crippen molar-refractivity contribution in [3.05, 3.63) is 75.5 Å². The number of rotatable bonds is 11. The summed E-state index contributed by atoms with van der Waals surface area (Å²) in [6.45, 7) is 7.18. The van der Waals surface area contributed by atoms with E-state index in [0.29, 0.717) is 9.95 Å². The first-order valence-electron chi connectivity index (χ1n) is 14.3. The van der Waals surface area contributed by atoms with Gasteiger partial charge in [-0.15, -0.1) is 0 Å². The predicted octanol–water partition coefficient (Wildman–Crippen LogP) is 2.47. The Morgan fingerprint density at radius 3 is 2.60 bits per heavy atom. The van der Waals surface area contributed by atoms with Crippen LogP contribution in [0, 0.1) is 5.92 Å². The smallest absolute Gasteiger partial charge is 0.459 e. The molecule has 0 amide bonds. The van der Waals surface area contributed by atoms with Crippen LogP contribution in [0.5, 0.6) is 5.75 Å². The maximum atomic E-state index is 14.4. The second kappa shape index (κ2) is 12.5. The van der Waals surface area contributed by atoms with E-state index in [1.165, 1.54) is 0 Å². The Labute approximate surface area is 244 Å². The molecule has 1 aliphatic rings. The Kier molecular flexibility index (Phi) is 8.57. The second-order valence-electron chi connectivity index (χ2n) is 10.8. The van der Waals surface area contributed by atoms with Crippen LogP contribution < -0.4 is 20.9 Å². The van der Waals surface area contributed by atoms with E-state index in [1.807, 2.05) is 23.2 Å². The topological polar surface area (TPSA) is 178 Å². The number of carbonyl (C=O) groups excluding carboxylic acids is 1. The van der Waals surface area contributed by atoms with Gasteiger partial charge in [-0.25, -0.2) is 9.36 Å². The normalized spacial score (nSPS) is 25.2. The molecule has 2 heterocycles. The average molecular weight is 608 g/mol. The molecular weight excluding hydrogens is 569 g/mol. The van der Waals surface area contributed by atoms with Crippen LogP contribution in [-0.4, -0.2) is 62.3 Å². The maximum absolute atomic E-state index is 14.4. The highest BCUT2D eigenvalue weighted by molar-refractivity contribution is 7.52. The lowest BCUT2D eigenvalue weighted by Gasteiger charge is -2.28. The first-order chi connectivity index (χ1) is 20.6. The Balaban J connectivity index is 1.67. The van der Waals surface area contributed by atoms with Crippen LogP contribution in [-0.2, 0) is 23.4 Å². The lowest BCUT2D eigenvalue weighted by Crippen LogP contribution is -2.47. The quantitative estimate of drug-likeness (QED) is 0.186. The van der Waals surface area contributed by atoms with Crippen LogP contribution in [0.4, 0.5) is 0 Å². The van der Waals surface area contributed by atoms with Gasteiger partial charge in [0.15, 0.2) is 6.23 Å². The monoisotopic (exact) mass is 607 g/mol. The number of hydrogen-bond acceptors (Lipinski definition) is 10. The van der Waals surface area contributed by atoms with Crippen molar-refractivity contribution in [1.82, 2.24) is 14.6 Å². The van der Waals surface area contributed by atoms with Crippen molar-refractivity contribution in [2.24, 2.45) is 5.92 Å². The zero-order valence-electron chi connectivity index (χ0n) is 25.8. The number of benzene rings is 2. The lowest BCUT2D eigenvalue weighted by atomic mass is 9.96. The van der Waals surface area contributed by atoms with Gasteiger partial charge in [0.1, 0.15) is 29.6 Å². The van der Waals surface area contributed by atoms with Gasteiger partial charge in [0.25, 0.3) is 5.56 Å². The van der Waals surface area contributed by atoms with Gasteiger partial charge < -0.3 is 24.2 Å². The van der Waals surface area contributed by atoms with Crippen molar-refractivity contribution in [3.8, 4) is 5.75 Å². The number of nitrogens with zero attached hydrogens (tertiary/aromatic N) is 1. The molecule has 6 atom stereocenters. The number of aliphatic hydroxyl groups excluding tert-OH is 1. The van der Waals surface area contributed by atoms with E-state index < -0.39 is 85.9 Å². The molecule has 42 heavy (non-hydrogen) atoms. The third kappa shape index (κ3) is 6.83. The Bertz CT molecular complexity index is 1690. The minimum atomic E-state index is -4.51.